The van der Waals surface area contributed by atoms with Crippen molar-refractivity contribution in [1.82, 2.24) is 10.2 Å². The first kappa shape index (κ1) is 18.1. The highest BCUT2D eigenvalue weighted by Gasteiger charge is 2.42. The molecule has 128 valence electrons. The molecule has 1 N–H and O–H groups in total. The van der Waals surface area contributed by atoms with Gasteiger partial charge in [-0.2, -0.15) is 0 Å². The fourth-order valence-electron chi connectivity index (χ4n) is 2.71. The van der Waals surface area contributed by atoms with E-state index in [0.717, 1.165) is 43.7 Å². The van der Waals surface area contributed by atoms with Crippen molar-refractivity contribution in [3.8, 4) is 0 Å². The molecule has 1 aliphatic rings. The first-order valence-electron chi connectivity index (χ1n) is 8.32. The van der Waals surface area contributed by atoms with E-state index < -0.39 is 0 Å². The van der Waals surface area contributed by atoms with Crippen LogP contribution in [0.3, 0.4) is 0 Å². The number of ether oxygens (including phenoxy) is 1. The summed E-state index contributed by atoms with van der Waals surface area (Å²) in [6.07, 6.45) is 3.70. The van der Waals surface area contributed by atoms with Gasteiger partial charge >= 0.3 is 0 Å². The second-order valence-electron chi connectivity index (χ2n) is 6.33. The van der Waals surface area contributed by atoms with Gasteiger partial charge in [-0.25, -0.2) is 0 Å². The van der Waals surface area contributed by atoms with E-state index in [2.05, 4.69) is 34.4 Å². The van der Waals surface area contributed by atoms with E-state index in [1.807, 2.05) is 26.1 Å². The van der Waals surface area contributed by atoms with Gasteiger partial charge in [0.15, 0.2) is 5.96 Å². The van der Waals surface area contributed by atoms with E-state index in [-0.39, 0.29) is 0 Å². The number of hydrogen-bond acceptors (Lipinski definition) is 2. The van der Waals surface area contributed by atoms with Gasteiger partial charge in [-0.3, -0.25) is 4.99 Å². The molecule has 0 heterocycles. The molecule has 5 heteroatoms. The molecule has 1 fully saturated rings. The largest absolute Gasteiger partial charge is 0.382 e. The maximum atomic E-state index is 5.94. The summed E-state index contributed by atoms with van der Waals surface area (Å²) in [4.78, 5) is 6.54. The molecule has 0 bridgehead atoms. The number of halogens is 1. The molecule has 0 spiro atoms. The van der Waals surface area contributed by atoms with Crippen LogP contribution in [0.2, 0.25) is 5.02 Å². The quantitative estimate of drug-likeness (QED) is 0.448. The Labute approximate surface area is 144 Å². The van der Waals surface area contributed by atoms with Crippen molar-refractivity contribution in [2.45, 2.75) is 32.7 Å². The van der Waals surface area contributed by atoms with Crippen LogP contribution in [0.15, 0.2) is 29.3 Å². The molecule has 0 amide bonds. The molecule has 1 aromatic carbocycles. The Balaban J connectivity index is 1.81. The lowest BCUT2D eigenvalue weighted by Gasteiger charge is -2.24. The Bertz CT molecular complexity index is 512. The van der Waals surface area contributed by atoms with E-state index in [1.165, 1.54) is 18.4 Å². The molecule has 0 radical (unpaired) electrons. The molecular weight excluding hydrogens is 310 g/mol. The average molecular weight is 338 g/mol. The van der Waals surface area contributed by atoms with Crippen LogP contribution in [0.25, 0.3) is 0 Å². The van der Waals surface area contributed by atoms with Crippen molar-refractivity contribution in [3.05, 3.63) is 34.9 Å². The van der Waals surface area contributed by atoms with Crippen molar-refractivity contribution in [2.24, 2.45) is 10.4 Å². The third kappa shape index (κ3) is 5.70. The zero-order chi connectivity index (χ0) is 16.7. The van der Waals surface area contributed by atoms with Gasteiger partial charge in [-0.05, 0) is 49.3 Å². The second kappa shape index (κ2) is 8.55. The molecule has 0 aliphatic heterocycles. The van der Waals surface area contributed by atoms with Crippen molar-refractivity contribution >= 4 is 17.6 Å². The number of aliphatic imine (C=N–C) groups is 1. The molecule has 1 aromatic rings. The van der Waals surface area contributed by atoms with Gasteiger partial charge in [0, 0.05) is 45.4 Å². The summed E-state index contributed by atoms with van der Waals surface area (Å²) in [7, 11) is 3.89. The van der Waals surface area contributed by atoms with Crippen molar-refractivity contribution in [2.75, 3.05) is 33.9 Å². The fourth-order valence-corrected chi connectivity index (χ4v) is 2.84. The van der Waals surface area contributed by atoms with E-state index in [0.29, 0.717) is 5.41 Å². The summed E-state index contributed by atoms with van der Waals surface area (Å²) in [6.45, 7) is 5.48. The first-order valence-corrected chi connectivity index (χ1v) is 8.70. The van der Waals surface area contributed by atoms with Gasteiger partial charge in [-0.15, -0.1) is 0 Å². The van der Waals surface area contributed by atoms with Crippen molar-refractivity contribution in [1.29, 1.82) is 0 Å². The Kier molecular flexibility index (Phi) is 6.72. The van der Waals surface area contributed by atoms with Crippen molar-refractivity contribution in [3.63, 3.8) is 0 Å². The van der Waals surface area contributed by atoms with Gasteiger partial charge < -0.3 is 15.0 Å². The van der Waals surface area contributed by atoms with E-state index in [1.54, 1.807) is 0 Å². The zero-order valence-corrected chi connectivity index (χ0v) is 15.2. The Morgan fingerprint density at radius 2 is 2.04 bits per heavy atom. The molecule has 0 saturated heterocycles. The Morgan fingerprint density at radius 1 is 1.35 bits per heavy atom. The minimum absolute atomic E-state index is 0.409. The second-order valence-corrected chi connectivity index (χ2v) is 6.77. The summed E-state index contributed by atoms with van der Waals surface area (Å²) in [5.41, 5.74) is 1.63. The Hall–Kier alpha value is -1.26. The number of nitrogens with one attached hydrogen (secondary N) is 1. The van der Waals surface area contributed by atoms with Gasteiger partial charge in [0.2, 0.25) is 0 Å². The highest BCUT2D eigenvalue weighted by atomic mass is 35.5. The third-order valence-corrected chi connectivity index (χ3v) is 4.72. The standard InChI is InChI=1S/C18H28ClN3O/c1-4-23-12-11-18(9-10-18)14-21-17(20-2)22(3)13-15-5-7-16(19)8-6-15/h5-8H,4,9-14H2,1-3H3,(H,20,21). The predicted molar refractivity (Wildman–Crippen MR) is 97.1 cm³/mol. The van der Waals surface area contributed by atoms with Crippen LogP contribution in [-0.2, 0) is 11.3 Å². The average Bonchev–Trinajstić information content (AvgIpc) is 3.31. The van der Waals surface area contributed by atoms with Crippen LogP contribution in [0.4, 0.5) is 0 Å². The summed E-state index contributed by atoms with van der Waals surface area (Å²) in [6, 6.07) is 7.95. The van der Waals surface area contributed by atoms with Crippen LogP contribution in [0.1, 0.15) is 31.7 Å². The van der Waals surface area contributed by atoms with Gasteiger partial charge in [0.1, 0.15) is 0 Å². The molecular formula is C18H28ClN3O. The summed E-state index contributed by atoms with van der Waals surface area (Å²) >= 11 is 5.94. The summed E-state index contributed by atoms with van der Waals surface area (Å²) in [5.74, 6) is 0.933. The van der Waals surface area contributed by atoms with Crippen LogP contribution < -0.4 is 5.32 Å². The number of nitrogens with zero attached hydrogens (tertiary/aromatic N) is 2. The van der Waals surface area contributed by atoms with Crippen LogP contribution in [-0.4, -0.2) is 44.7 Å². The van der Waals surface area contributed by atoms with Crippen molar-refractivity contribution < 1.29 is 4.74 Å². The van der Waals surface area contributed by atoms with E-state index in [4.69, 9.17) is 16.3 Å². The highest BCUT2D eigenvalue weighted by Crippen LogP contribution is 2.48. The lowest BCUT2D eigenvalue weighted by Crippen LogP contribution is -2.41. The minimum atomic E-state index is 0.409. The maximum absolute atomic E-state index is 5.94. The number of benzene rings is 1. The van der Waals surface area contributed by atoms with Gasteiger partial charge in [0.05, 0.1) is 0 Å². The maximum Gasteiger partial charge on any atom is 0.193 e. The minimum Gasteiger partial charge on any atom is -0.382 e. The van der Waals surface area contributed by atoms with Crippen LogP contribution in [0.5, 0.6) is 0 Å². The molecule has 0 atom stereocenters. The molecule has 23 heavy (non-hydrogen) atoms. The zero-order valence-electron chi connectivity index (χ0n) is 14.4. The lowest BCUT2D eigenvalue weighted by molar-refractivity contribution is 0.128. The number of guanidine groups is 1. The summed E-state index contributed by atoms with van der Waals surface area (Å²) in [5, 5.41) is 4.29. The molecule has 4 nitrogen and oxygen atoms in total. The normalized spacial score (nSPS) is 16.3. The number of hydrogen-bond donors (Lipinski definition) is 1. The Morgan fingerprint density at radius 3 is 2.61 bits per heavy atom. The first-order chi connectivity index (χ1) is 11.1. The van der Waals surface area contributed by atoms with Crippen LogP contribution >= 0.6 is 11.6 Å². The highest BCUT2D eigenvalue weighted by molar-refractivity contribution is 6.30. The SMILES string of the molecule is CCOCCC1(CNC(=NC)N(C)Cc2ccc(Cl)cc2)CC1. The van der Waals surface area contributed by atoms with E-state index >= 15 is 0 Å². The van der Waals surface area contributed by atoms with Crippen LogP contribution in [0, 0.1) is 5.41 Å². The van der Waals surface area contributed by atoms with Gasteiger partial charge in [-0.1, -0.05) is 23.7 Å². The molecule has 0 aromatic heterocycles. The fraction of sp³-hybridized carbons (Fsp3) is 0.611. The molecule has 0 unspecified atom stereocenters. The van der Waals surface area contributed by atoms with E-state index in [9.17, 15) is 0 Å². The summed E-state index contributed by atoms with van der Waals surface area (Å²) < 4.78 is 5.50. The smallest absolute Gasteiger partial charge is 0.193 e. The number of rotatable bonds is 8. The molecule has 1 aliphatic carbocycles. The molecule has 1 saturated carbocycles. The van der Waals surface area contributed by atoms with Gasteiger partial charge in [0.25, 0.3) is 0 Å². The molecule has 2 rings (SSSR count). The third-order valence-electron chi connectivity index (χ3n) is 4.47. The lowest BCUT2D eigenvalue weighted by atomic mass is 10.0. The monoisotopic (exact) mass is 337 g/mol. The topological polar surface area (TPSA) is 36.9 Å². The predicted octanol–water partition coefficient (Wildman–Crippen LogP) is 3.55.